The summed E-state index contributed by atoms with van der Waals surface area (Å²) in [7, 11) is 1.39. The zero-order chi connectivity index (χ0) is 9.64. The normalized spacial score (nSPS) is 55.4. The van der Waals surface area contributed by atoms with Crippen molar-refractivity contribution >= 4 is 0 Å². The fourth-order valence-corrected chi connectivity index (χ4v) is 2.17. The first kappa shape index (κ1) is 9.36. The summed E-state index contributed by atoms with van der Waals surface area (Å²) in [5.41, 5.74) is -1.33. The van der Waals surface area contributed by atoms with Gasteiger partial charge >= 0.3 is 0 Å². The van der Waals surface area contributed by atoms with E-state index in [-0.39, 0.29) is 0 Å². The highest BCUT2D eigenvalue weighted by Crippen LogP contribution is 2.43. The Hall–Kier alpha value is -0.200. The maximum Gasteiger partial charge on any atom is 0.186 e. The Kier molecular flexibility index (Phi) is 2.08. The Labute approximate surface area is 75.9 Å². The van der Waals surface area contributed by atoms with Gasteiger partial charge in [0.1, 0.15) is 17.8 Å². The van der Waals surface area contributed by atoms with E-state index in [4.69, 9.17) is 9.47 Å². The van der Waals surface area contributed by atoms with E-state index in [1.54, 1.807) is 0 Å². The van der Waals surface area contributed by atoms with Crippen molar-refractivity contribution < 1.29 is 24.8 Å². The molecular formula is C8H14O5. The van der Waals surface area contributed by atoms with Gasteiger partial charge in [-0.25, -0.2) is 0 Å². The smallest absolute Gasteiger partial charge is 0.186 e. The molecule has 2 rings (SSSR count). The van der Waals surface area contributed by atoms with Crippen molar-refractivity contribution in [3.63, 3.8) is 0 Å². The third kappa shape index (κ3) is 1.12. The molecule has 1 unspecified atom stereocenters. The second-order valence-corrected chi connectivity index (χ2v) is 3.70. The lowest BCUT2D eigenvalue weighted by Gasteiger charge is -2.24. The van der Waals surface area contributed by atoms with Crippen LogP contribution < -0.4 is 0 Å². The number of aliphatic hydroxyl groups excluding tert-OH is 2. The average molecular weight is 190 g/mol. The van der Waals surface area contributed by atoms with Crippen molar-refractivity contribution in [2.24, 2.45) is 0 Å². The molecular weight excluding hydrogens is 176 g/mol. The molecule has 0 aromatic heterocycles. The second kappa shape index (κ2) is 2.90. The first-order valence-corrected chi connectivity index (χ1v) is 4.36. The Bertz CT molecular complexity index is 209. The minimum atomic E-state index is -1.33. The minimum Gasteiger partial charge on any atom is -0.390 e. The summed E-state index contributed by atoms with van der Waals surface area (Å²) < 4.78 is 10.0. The summed E-state index contributed by atoms with van der Waals surface area (Å²) >= 11 is 0. The van der Waals surface area contributed by atoms with E-state index in [2.05, 4.69) is 0 Å². The number of hydrogen-bond donors (Lipinski definition) is 3. The lowest BCUT2D eigenvalue weighted by molar-refractivity contribution is -0.163. The lowest BCUT2D eigenvalue weighted by atomic mass is 9.95. The Morgan fingerprint density at radius 3 is 2.69 bits per heavy atom. The van der Waals surface area contributed by atoms with Crippen LogP contribution in [0.25, 0.3) is 0 Å². The van der Waals surface area contributed by atoms with Crippen LogP contribution in [0, 0.1) is 0 Å². The van der Waals surface area contributed by atoms with Crippen LogP contribution in [0.1, 0.15) is 12.8 Å². The van der Waals surface area contributed by atoms with Crippen molar-refractivity contribution in [1.29, 1.82) is 0 Å². The molecule has 0 aromatic carbocycles. The zero-order valence-corrected chi connectivity index (χ0v) is 7.38. The van der Waals surface area contributed by atoms with Gasteiger partial charge in [-0.2, -0.15) is 0 Å². The van der Waals surface area contributed by atoms with E-state index < -0.39 is 30.2 Å². The third-order valence-corrected chi connectivity index (χ3v) is 2.97. The van der Waals surface area contributed by atoms with E-state index >= 15 is 0 Å². The molecule has 2 fully saturated rings. The van der Waals surface area contributed by atoms with Crippen LogP contribution in [0.15, 0.2) is 0 Å². The number of rotatable bonds is 1. The summed E-state index contributed by atoms with van der Waals surface area (Å²) in [6.45, 7) is 0. The quantitative estimate of drug-likeness (QED) is 0.474. The van der Waals surface area contributed by atoms with Crippen LogP contribution in [-0.4, -0.2) is 52.6 Å². The molecule has 2 aliphatic rings. The van der Waals surface area contributed by atoms with E-state index in [0.29, 0.717) is 12.8 Å². The van der Waals surface area contributed by atoms with Gasteiger partial charge in [0, 0.05) is 7.11 Å². The van der Waals surface area contributed by atoms with E-state index in [9.17, 15) is 15.3 Å². The summed E-state index contributed by atoms with van der Waals surface area (Å²) in [4.78, 5) is 0. The topological polar surface area (TPSA) is 79.2 Å². The summed E-state index contributed by atoms with van der Waals surface area (Å²) in [5, 5.41) is 29.0. The van der Waals surface area contributed by atoms with E-state index in [0.717, 1.165) is 0 Å². The molecule has 1 heterocycles. The molecule has 5 atom stereocenters. The monoisotopic (exact) mass is 190 g/mol. The highest BCUT2D eigenvalue weighted by molar-refractivity contribution is 5.08. The van der Waals surface area contributed by atoms with Gasteiger partial charge in [-0.3, -0.25) is 0 Å². The van der Waals surface area contributed by atoms with Crippen LogP contribution in [0.2, 0.25) is 0 Å². The van der Waals surface area contributed by atoms with E-state index in [1.807, 2.05) is 0 Å². The molecule has 0 bridgehead atoms. The fraction of sp³-hybridized carbons (Fsp3) is 1.00. The highest BCUT2D eigenvalue weighted by atomic mass is 16.7. The van der Waals surface area contributed by atoms with Crippen LogP contribution in [0.4, 0.5) is 0 Å². The lowest BCUT2D eigenvalue weighted by Crippen LogP contribution is -2.46. The highest BCUT2D eigenvalue weighted by Gasteiger charge is 2.61. The molecule has 1 aliphatic heterocycles. The van der Waals surface area contributed by atoms with Crippen molar-refractivity contribution in [1.82, 2.24) is 0 Å². The Morgan fingerprint density at radius 1 is 1.46 bits per heavy atom. The first-order valence-electron chi connectivity index (χ1n) is 4.36. The van der Waals surface area contributed by atoms with Gasteiger partial charge in [-0.1, -0.05) is 0 Å². The van der Waals surface area contributed by atoms with Crippen molar-refractivity contribution in [3.05, 3.63) is 0 Å². The average Bonchev–Trinajstić information content (AvgIpc) is 2.53. The zero-order valence-electron chi connectivity index (χ0n) is 7.38. The Balaban J connectivity index is 2.21. The summed E-state index contributed by atoms with van der Waals surface area (Å²) in [5.74, 6) is 0. The molecule has 0 aromatic rings. The molecule has 0 radical (unpaired) electrons. The predicted molar refractivity (Wildman–Crippen MR) is 41.9 cm³/mol. The SMILES string of the molecule is COC1O[C@@H]2[C@H](O)CC[C@]2(O)[C@H]1O. The Morgan fingerprint density at radius 2 is 2.15 bits per heavy atom. The molecule has 13 heavy (non-hydrogen) atoms. The van der Waals surface area contributed by atoms with Crippen molar-refractivity contribution in [3.8, 4) is 0 Å². The summed E-state index contributed by atoms with van der Waals surface area (Å²) in [6, 6.07) is 0. The predicted octanol–water partition coefficient (Wildman–Crippen LogP) is -1.40. The van der Waals surface area contributed by atoms with Gasteiger partial charge in [-0.05, 0) is 12.8 Å². The van der Waals surface area contributed by atoms with Gasteiger partial charge < -0.3 is 24.8 Å². The number of aliphatic hydroxyl groups is 3. The molecule has 3 N–H and O–H groups in total. The third-order valence-electron chi connectivity index (χ3n) is 2.97. The number of hydrogen-bond acceptors (Lipinski definition) is 5. The number of methoxy groups -OCH3 is 1. The maximum atomic E-state index is 9.96. The molecule has 1 aliphatic carbocycles. The van der Waals surface area contributed by atoms with Gasteiger partial charge in [0.05, 0.1) is 6.10 Å². The van der Waals surface area contributed by atoms with Gasteiger partial charge in [-0.15, -0.1) is 0 Å². The largest absolute Gasteiger partial charge is 0.390 e. The number of fused-ring (bicyclic) bond motifs is 1. The molecule has 0 amide bonds. The van der Waals surface area contributed by atoms with Gasteiger partial charge in [0.15, 0.2) is 6.29 Å². The van der Waals surface area contributed by atoms with E-state index in [1.165, 1.54) is 7.11 Å². The van der Waals surface area contributed by atoms with Crippen LogP contribution in [-0.2, 0) is 9.47 Å². The maximum absolute atomic E-state index is 9.96. The van der Waals surface area contributed by atoms with Crippen LogP contribution in [0.5, 0.6) is 0 Å². The summed E-state index contributed by atoms with van der Waals surface area (Å²) in [6.07, 6.45) is -2.52. The molecule has 5 nitrogen and oxygen atoms in total. The standard InChI is InChI=1S/C8H14O5/c1-12-7-5(10)8(11)3-2-4(9)6(8)13-7/h4-7,9-11H,2-3H2,1H3/t4-,5+,6-,7?,8+/m1/s1. The van der Waals surface area contributed by atoms with Crippen molar-refractivity contribution in [2.75, 3.05) is 7.11 Å². The fourth-order valence-electron chi connectivity index (χ4n) is 2.17. The van der Waals surface area contributed by atoms with Crippen LogP contribution in [0.3, 0.4) is 0 Å². The van der Waals surface area contributed by atoms with Crippen molar-refractivity contribution in [2.45, 2.75) is 43.0 Å². The number of ether oxygens (including phenoxy) is 2. The van der Waals surface area contributed by atoms with Crippen LogP contribution >= 0.6 is 0 Å². The minimum absolute atomic E-state index is 0.347. The molecule has 1 saturated carbocycles. The second-order valence-electron chi connectivity index (χ2n) is 3.70. The molecule has 0 spiro atoms. The van der Waals surface area contributed by atoms with Gasteiger partial charge in [0.25, 0.3) is 0 Å². The van der Waals surface area contributed by atoms with Gasteiger partial charge in [0.2, 0.25) is 0 Å². The molecule has 1 saturated heterocycles. The molecule has 76 valence electrons. The molecule has 5 heteroatoms. The first-order chi connectivity index (χ1) is 6.09.